The predicted octanol–water partition coefficient (Wildman–Crippen LogP) is 2.23. The highest BCUT2D eigenvalue weighted by molar-refractivity contribution is 8.08. The van der Waals surface area contributed by atoms with Crippen molar-refractivity contribution in [1.29, 1.82) is 0 Å². The third-order valence-corrected chi connectivity index (χ3v) is 9.37. The Labute approximate surface area is 213 Å². The van der Waals surface area contributed by atoms with E-state index in [1.807, 2.05) is 36.2 Å². The van der Waals surface area contributed by atoms with Gasteiger partial charge in [-0.15, -0.1) is 11.3 Å². The summed E-state index contributed by atoms with van der Waals surface area (Å²) in [5, 5.41) is 6.07. The average molecular weight is 549 g/mol. The van der Waals surface area contributed by atoms with Crippen LogP contribution in [0.4, 0.5) is 11.4 Å². The number of para-hydroxylation sites is 1. The third kappa shape index (κ3) is 3.81. The molecule has 2 aromatic carbocycles. The van der Waals surface area contributed by atoms with Crippen LogP contribution in [0.1, 0.15) is 6.92 Å². The molecule has 0 radical (unpaired) electrons. The number of carbonyl (C=O) groups is 1. The Balaban J connectivity index is 1.65. The van der Waals surface area contributed by atoms with Gasteiger partial charge in [-0.2, -0.15) is 18.5 Å². The lowest BCUT2D eigenvalue weighted by Crippen LogP contribution is -2.33. The van der Waals surface area contributed by atoms with Gasteiger partial charge in [-0.05, 0) is 37.3 Å². The zero-order chi connectivity index (χ0) is 25.2. The van der Waals surface area contributed by atoms with E-state index in [-0.39, 0.29) is 21.8 Å². The van der Waals surface area contributed by atoms with Gasteiger partial charge < -0.3 is 9.47 Å². The molecule has 3 heterocycles. The molecule has 0 saturated heterocycles. The molecule has 5 rings (SSSR count). The number of hydrogen-bond acceptors (Lipinski definition) is 8. The largest absolute Gasteiger partial charge is 0.337 e. The summed E-state index contributed by atoms with van der Waals surface area (Å²) < 4.78 is 34.4. The van der Waals surface area contributed by atoms with Crippen LogP contribution in [-0.4, -0.2) is 36.2 Å². The molecule has 180 valence electrons. The number of aromatic nitrogens is 1. The molecule has 35 heavy (non-hydrogen) atoms. The number of anilines is 2. The summed E-state index contributed by atoms with van der Waals surface area (Å²) in [7, 11) is -0.955. The molecule has 0 fully saturated rings. The maximum Gasteiger partial charge on any atom is 0.294 e. The Morgan fingerprint density at radius 1 is 1.06 bits per heavy atom. The van der Waals surface area contributed by atoms with Crippen molar-refractivity contribution in [2.24, 2.45) is 12.1 Å². The van der Waals surface area contributed by atoms with Crippen LogP contribution in [0.5, 0.6) is 0 Å². The Bertz CT molecular complexity index is 1760. The fourth-order valence-electron chi connectivity index (χ4n) is 3.84. The van der Waals surface area contributed by atoms with Gasteiger partial charge in [0, 0.05) is 19.0 Å². The van der Waals surface area contributed by atoms with Crippen LogP contribution in [0, 0.1) is 0 Å². The smallest absolute Gasteiger partial charge is 0.294 e. The maximum absolute atomic E-state index is 13.4. The van der Waals surface area contributed by atoms with Crippen LogP contribution in [0.3, 0.4) is 0 Å². The van der Waals surface area contributed by atoms with Gasteiger partial charge in [0.1, 0.15) is 14.2 Å². The molecular weight excluding hydrogens is 532 g/mol. The second kappa shape index (κ2) is 8.35. The van der Waals surface area contributed by atoms with Crippen LogP contribution < -0.4 is 24.7 Å². The number of fused-ring (bicyclic) bond motifs is 1. The lowest BCUT2D eigenvalue weighted by Gasteiger charge is -2.14. The van der Waals surface area contributed by atoms with Crippen molar-refractivity contribution < 1.29 is 17.8 Å². The summed E-state index contributed by atoms with van der Waals surface area (Å²) in [6.45, 7) is 1.65. The molecule has 13 heteroatoms. The molecule has 0 saturated carbocycles. The molecule has 1 amide bonds. The van der Waals surface area contributed by atoms with Gasteiger partial charge in [-0.25, -0.2) is 0 Å². The van der Waals surface area contributed by atoms with Crippen molar-refractivity contribution in [3.05, 3.63) is 67.0 Å². The van der Waals surface area contributed by atoms with Crippen molar-refractivity contribution >= 4 is 78.4 Å². The number of carbonyl (C=O) groups excluding carboxylic acids is 1. The minimum atomic E-state index is -4.46. The standard InChI is InChI=1S/C22H17ClN4O5S3/c1-11-17(19(28)27(24-11)14-9-8-12(10-13(14)23)35(30,31)32)21-26(3)20(29)18(34-21)22-25(2)15-6-4-5-7-16(15)33-22/h4-10H,1-3H3,(H,30,31,32)/b21-17+,22-18-. The molecule has 1 N–H and O–H groups in total. The Morgan fingerprint density at radius 2 is 1.77 bits per heavy atom. The molecule has 2 aliphatic rings. The lowest BCUT2D eigenvalue weighted by atomic mass is 10.2. The predicted molar refractivity (Wildman–Crippen MR) is 138 cm³/mol. The van der Waals surface area contributed by atoms with E-state index in [2.05, 4.69) is 5.10 Å². The van der Waals surface area contributed by atoms with E-state index in [9.17, 15) is 22.6 Å². The van der Waals surface area contributed by atoms with Crippen molar-refractivity contribution in [2.45, 2.75) is 16.7 Å². The van der Waals surface area contributed by atoms with Crippen LogP contribution in [0.2, 0.25) is 5.02 Å². The number of hydrogen-bond donors (Lipinski definition) is 1. The van der Waals surface area contributed by atoms with E-state index in [0.717, 1.165) is 32.8 Å². The fraction of sp³-hybridized carbons (Fsp3) is 0.136. The number of rotatable bonds is 2. The molecule has 2 aliphatic heterocycles. The van der Waals surface area contributed by atoms with E-state index < -0.39 is 20.9 Å². The molecule has 3 aromatic rings. The highest BCUT2D eigenvalue weighted by Crippen LogP contribution is 2.45. The maximum atomic E-state index is 13.4. The van der Waals surface area contributed by atoms with Gasteiger partial charge in [0.25, 0.3) is 21.6 Å². The first-order valence-electron chi connectivity index (χ1n) is 10.1. The van der Waals surface area contributed by atoms with E-state index in [4.69, 9.17) is 11.6 Å². The number of thiazole rings is 1. The zero-order valence-electron chi connectivity index (χ0n) is 18.5. The second-order valence-electron chi connectivity index (χ2n) is 7.80. The summed E-state index contributed by atoms with van der Waals surface area (Å²) in [6.07, 6.45) is 0. The molecular formula is C22H17ClN4O5S3. The van der Waals surface area contributed by atoms with E-state index in [1.54, 1.807) is 14.0 Å². The quantitative estimate of drug-likeness (QED) is 0.489. The Hall–Kier alpha value is -2.90. The first-order chi connectivity index (χ1) is 16.5. The summed E-state index contributed by atoms with van der Waals surface area (Å²) >= 11 is 8.93. The van der Waals surface area contributed by atoms with E-state index in [1.165, 1.54) is 33.7 Å². The van der Waals surface area contributed by atoms with E-state index in [0.29, 0.717) is 14.9 Å². The van der Waals surface area contributed by atoms with Crippen molar-refractivity contribution in [3.63, 3.8) is 0 Å². The lowest BCUT2D eigenvalue weighted by molar-refractivity contribution is -0.112. The highest BCUT2D eigenvalue weighted by Gasteiger charge is 2.33. The first-order valence-corrected chi connectivity index (χ1v) is 13.6. The summed E-state index contributed by atoms with van der Waals surface area (Å²) in [5.41, 5.74) is 1.56. The van der Waals surface area contributed by atoms with Crippen LogP contribution in [0.25, 0.3) is 10.6 Å². The molecule has 0 spiro atoms. The molecule has 0 atom stereocenters. The van der Waals surface area contributed by atoms with Gasteiger partial charge in [-0.1, -0.05) is 35.5 Å². The third-order valence-electron chi connectivity index (χ3n) is 5.61. The minimum absolute atomic E-state index is 0.0793. The topological polar surface area (TPSA) is 112 Å². The molecule has 1 aromatic heterocycles. The Morgan fingerprint density at radius 3 is 2.43 bits per heavy atom. The number of nitrogens with zero attached hydrogens (tertiary/aromatic N) is 4. The van der Waals surface area contributed by atoms with Gasteiger partial charge in [0.05, 0.1) is 32.6 Å². The molecule has 0 unspecified atom stereocenters. The van der Waals surface area contributed by atoms with E-state index >= 15 is 0 Å². The summed E-state index contributed by atoms with van der Waals surface area (Å²) in [5.74, 6) is -0.506. The number of hydrazone groups is 1. The summed E-state index contributed by atoms with van der Waals surface area (Å²) in [6, 6.07) is 11.3. The Kier molecular flexibility index (Phi) is 5.68. The van der Waals surface area contributed by atoms with Crippen molar-refractivity contribution in [2.75, 3.05) is 17.0 Å². The number of thioether (sulfide) groups is 1. The van der Waals surface area contributed by atoms with Gasteiger partial charge in [0.2, 0.25) is 0 Å². The number of halogens is 1. The van der Waals surface area contributed by atoms with Gasteiger partial charge in [0.15, 0.2) is 0 Å². The van der Waals surface area contributed by atoms with Crippen LogP contribution >= 0.6 is 34.7 Å². The van der Waals surface area contributed by atoms with Crippen molar-refractivity contribution in [3.8, 4) is 0 Å². The molecule has 9 nitrogen and oxygen atoms in total. The van der Waals surface area contributed by atoms with Gasteiger partial charge >= 0.3 is 0 Å². The minimum Gasteiger partial charge on any atom is -0.337 e. The average Bonchev–Trinajstić information content (AvgIpc) is 3.39. The second-order valence-corrected chi connectivity index (χ2v) is 11.7. The van der Waals surface area contributed by atoms with Gasteiger partial charge in [-0.3, -0.25) is 14.1 Å². The first kappa shape index (κ1) is 23.8. The van der Waals surface area contributed by atoms with Crippen LogP contribution in [-0.2, 0) is 22.0 Å². The van der Waals surface area contributed by atoms with Crippen LogP contribution in [0.15, 0.2) is 62.2 Å². The zero-order valence-corrected chi connectivity index (χ0v) is 21.7. The SMILES string of the molecule is CC1=NN(c2ccc(S(=O)(=O)O)cc2Cl)C(=O)/C1=c1/s/c(=C2\Sc3ccccc3N2C)c(=O)n1C. The molecule has 0 aliphatic carbocycles. The summed E-state index contributed by atoms with van der Waals surface area (Å²) in [4.78, 5) is 29.2. The fourth-order valence-corrected chi connectivity index (χ4v) is 7.20. The highest BCUT2D eigenvalue weighted by atomic mass is 35.5. The normalized spacial score (nSPS) is 18.9. The number of amides is 1. The molecule has 0 bridgehead atoms. The monoisotopic (exact) mass is 548 g/mol. The van der Waals surface area contributed by atoms with Crippen molar-refractivity contribution in [1.82, 2.24) is 4.57 Å². The number of benzene rings is 2.